The Kier molecular flexibility index (Phi) is 5.54. The van der Waals surface area contributed by atoms with E-state index in [9.17, 15) is 39.6 Å². The van der Waals surface area contributed by atoms with Gasteiger partial charge in [0.15, 0.2) is 9.84 Å². The number of hydrogen-bond acceptors (Lipinski definition) is 4. The predicted octanol–water partition coefficient (Wildman–Crippen LogP) is 4.06. The van der Waals surface area contributed by atoms with E-state index in [1.807, 2.05) is 0 Å². The molecule has 0 unspecified atom stereocenters. The van der Waals surface area contributed by atoms with Gasteiger partial charge in [0.05, 0.1) is 16.2 Å². The first kappa shape index (κ1) is 21.5. The van der Waals surface area contributed by atoms with Gasteiger partial charge in [-0.05, 0) is 18.6 Å². The number of rotatable bonds is 3. The number of alkyl halides is 6. The molecule has 1 aliphatic rings. The fourth-order valence-electron chi connectivity index (χ4n) is 2.50. The van der Waals surface area contributed by atoms with Crippen LogP contribution in [0.3, 0.4) is 0 Å². The first-order valence-corrected chi connectivity index (χ1v) is 9.80. The third-order valence-corrected chi connectivity index (χ3v) is 6.76. The third kappa shape index (κ3) is 4.54. The lowest BCUT2D eigenvalue weighted by atomic mass is 10.1. The van der Waals surface area contributed by atoms with Crippen molar-refractivity contribution in [1.29, 1.82) is 0 Å². The molecule has 1 amide bonds. The molecule has 0 N–H and O–H groups in total. The Labute approximate surface area is 154 Å². The average Bonchev–Trinajstić information content (AvgIpc) is 2.92. The number of carbonyl (C=O) groups is 1. The summed E-state index contributed by atoms with van der Waals surface area (Å²) in [5.41, 5.74) is -1.69. The highest BCUT2D eigenvalue weighted by molar-refractivity contribution is 7.91. The van der Waals surface area contributed by atoms with Crippen molar-refractivity contribution in [3.05, 3.63) is 34.0 Å². The minimum absolute atomic E-state index is 0.254. The fourth-order valence-corrected chi connectivity index (χ4v) is 5.43. The zero-order valence-corrected chi connectivity index (χ0v) is 15.4. The van der Waals surface area contributed by atoms with Gasteiger partial charge in [-0.2, -0.15) is 26.3 Å². The summed E-state index contributed by atoms with van der Waals surface area (Å²) in [5.74, 6) is -1.96. The molecule has 0 spiro atoms. The number of thiophene rings is 1. The number of sulfone groups is 1. The molecule has 4 nitrogen and oxygen atoms in total. The predicted molar refractivity (Wildman–Crippen MR) is 87.2 cm³/mol. The molecule has 0 saturated heterocycles. The quantitative estimate of drug-likeness (QED) is 0.534. The molecular weight excluding hydrogens is 420 g/mol. The largest absolute Gasteiger partial charge is 0.416 e. The Hall–Kier alpha value is -1.82. The summed E-state index contributed by atoms with van der Waals surface area (Å²) in [7, 11) is -4.14. The lowest BCUT2D eigenvalue weighted by Gasteiger charge is -2.21. The van der Waals surface area contributed by atoms with Crippen molar-refractivity contribution in [2.24, 2.45) is 0 Å². The monoisotopic (exact) mass is 433 g/mol. The smallest absolute Gasteiger partial charge is 0.328 e. The van der Waals surface area contributed by atoms with Gasteiger partial charge in [-0.15, -0.1) is 11.3 Å². The molecule has 0 atom stereocenters. The maximum atomic E-state index is 13.0. The second-order valence-corrected chi connectivity index (χ2v) is 8.77. The number of hydrogen-bond donors (Lipinski definition) is 0. The zero-order chi connectivity index (χ0) is 20.8. The van der Waals surface area contributed by atoms with Crippen LogP contribution in [0.5, 0.6) is 0 Å². The number of carbonyl (C=O) groups excluding carboxylic acids is 1. The number of halogens is 6. The van der Waals surface area contributed by atoms with Crippen LogP contribution < -0.4 is 0 Å². The van der Waals surface area contributed by atoms with Crippen LogP contribution in [-0.4, -0.2) is 50.4 Å². The van der Waals surface area contributed by atoms with E-state index in [2.05, 4.69) is 6.58 Å². The Morgan fingerprint density at radius 3 is 2.37 bits per heavy atom. The topological polar surface area (TPSA) is 54.5 Å². The van der Waals surface area contributed by atoms with E-state index in [0.717, 1.165) is 19.1 Å². The molecule has 27 heavy (non-hydrogen) atoms. The molecule has 0 radical (unpaired) electrons. The van der Waals surface area contributed by atoms with Gasteiger partial charge in [-0.25, -0.2) is 8.42 Å². The average molecular weight is 433 g/mol. The van der Waals surface area contributed by atoms with Crippen molar-refractivity contribution in [2.75, 3.05) is 18.8 Å². The second-order valence-electron chi connectivity index (χ2n) is 5.64. The third-order valence-electron chi connectivity index (χ3n) is 3.73. The lowest BCUT2D eigenvalue weighted by molar-refractivity contribution is -0.140. The van der Waals surface area contributed by atoms with Crippen molar-refractivity contribution < 1.29 is 39.6 Å². The van der Waals surface area contributed by atoms with Crippen molar-refractivity contribution in [1.82, 2.24) is 4.90 Å². The van der Waals surface area contributed by atoms with Gasteiger partial charge in [0.1, 0.15) is 11.4 Å². The van der Waals surface area contributed by atoms with E-state index < -0.39 is 67.9 Å². The summed E-state index contributed by atoms with van der Waals surface area (Å²) in [6, 6.07) is 0.863. The van der Waals surface area contributed by atoms with Crippen LogP contribution in [0.1, 0.15) is 21.5 Å². The van der Waals surface area contributed by atoms with E-state index in [-0.39, 0.29) is 4.88 Å². The van der Waals surface area contributed by atoms with E-state index in [0.29, 0.717) is 16.2 Å². The Balaban J connectivity index is 2.54. The number of fused-ring (bicyclic) bond motifs is 1. The van der Waals surface area contributed by atoms with Crippen LogP contribution in [0.4, 0.5) is 26.3 Å². The molecule has 1 aromatic heterocycles. The normalized spacial score (nSPS) is 18.3. The van der Waals surface area contributed by atoms with Crippen molar-refractivity contribution >= 4 is 32.7 Å². The van der Waals surface area contributed by atoms with Gasteiger partial charge in [0.25, 0.3) is 5.91 Å². The molecule has 0 saturated carbocycles. The molecule has 0 aromatic carbocycles. The summed E-state index contributed by atoms with van der Waals surface area (Å²) in [5, 5.41) is 0. The summed E-state index contributed by atoms with van der Waals surface area (Å²) < 4.78 is 102. The van der Waals surface area contributed by atoms with Crippen molar-refractivity contribution in [2.45, 2.75) is 24.2 Å². The minimum atomic E-state index is -4.77. The number of amides is 1. The van der Waals surface area contributed by atoms with Crippen molar-refractivity contribution in [3.63, 3.8) is 0 Å². The highest BCUT2D eigenvalue weighted by Crippen LogP contribution is 2.41. The van der Waals surface area contributed by atoms with E-state index >= 15 is 0 Å². The second kappa shape index (κ2) is 6.97. The van der Waals surface area contributed by atoms with Crippen LogP contribution in [0, 0.1) is 0 Å². The van der Waals surface area contributed by atoms with Crippen LogP contribution in [-0.2, 0) is 9.84 Å². The number of allylic oxidation sites excluding steroid dienone is 3. The first-order chi connectivity index (χ1) is 12.2. The molecule has 2 heterocycles. The molecular formula is C15H13F6NO3S2. The summed E-state index contributed by atoms with van der Waals surface area (Å²) in [4.78, 5) is 11.3. The summed E-state index contributed by atoms with van der Waals surface area (Å²) in [6.07, 6.45) is -8.78. The Morgan fingerprint density at radius 2 is 1.89 bits per heavy atom. The SMILES string of the molecule is C=C(/C(=C\C)C(F)(F)F)c1cc2c(s1)C(=O)N(CC(F)(F)F)CCS2(=O)=O. The van der Waals surface area contributed by atoms with Crippen molar-refractivity contribution in [3.8, 4) is 0 Å². The van der Waals surface area contributed by atoms with Gasteiger partial charge in [0, 0.05) is 11.4 Å². The van der Waals surface area contributed by atoms with Crippen LogP contribution in [0.25, 0.3) is 5.57 Å². The van der Waals surface area contributed by atoms with Crippen LogP contribution in [0.2, 0.25) is 0 Å². The highest BCUT2D eigenvalue weighted by Gasteiger charge is 2.40. The van der Waals surface area contributed by atoms with E-state index in [4.69, 9.17) is 0 Å². The lowest BCUT2D eigenvalue weighted by Crippen LogP contribution is -2.39. The van der Waals surface area contributed by atoms with Gasteiger partial charge in [0.2, 0.25) is 0 Å². The Morgan fingerprint density at radius 1 is 1.30 bits per heavy atom. The summed E-state index contributed by atoms with van der Waals surface area (Å²) in [6.45, 7) is 2.09. The van der Waals surface area contributed by atoms with E-state index in [1.165, 1.54) is 0 Å². The van der Waals surface area contributed by atoms with Gasteiger partial charge in [-0.3, -0.25) is 4.79 Å². The molecule has 1 aliphatic heterocycles. The van der Waals surface area contributed by atoms with E-state index in [1.54, 1.807) is 0 Å². The molecule has 0 bridgehead atoms. The standard InChI is InChI=1S/C15H13F6NO3S2/c1-3-9(15(19,20)21)8(2)10-6-11-12(26-10)13(23)22(7-14(16,17)18)4-5-27(11,24)25/h3,6H,2,4-5,7H2,1H3/b9-3+. The van der Waals surface area contributed by atoms with Gasteiger partial charge >= 0.3 is 12.4 Å². The molecule has 1 aromatic rings. The number of nitrogens with zero attached hydrogens (tertiary/aromatic N) is 1. The fraction of sp³-hybridized carbons (Fsp3) is 0.400. The maximum absolute atomic E-state index is 13.0. The van der Waals surface area contributed by atoms with Gasteiger partial charge < -0.3 is 4.90 Å². The molecule has 0 aliphatic carbocycles. The highest BCUT2D eigenvalue weighted by atomic mass is 32.2. The van der Waals surface area contributed by atoms with Crippen LogP contribution >= 0.6 is 11.3 Å². The van der Waals surface area contributed by atoms with Gasteiger partial charge in [-0.1, -0.05) is 12.7 Å². The zero-order valence-electron chi connectivity index (χ0n) is 13.7. The molecule has 0 fully saturated rings. The summed E-state index contributed by atoms with van der Waals surface area (Å²) >= 11 is 0.379. The first-order valence-electron chi connectivity index (χ1n) is 7.33. The maximum Gasteiger partial charge on any atom is 0.416 e. The molecule has 12 heteroatoms. The van der Waals surface area contributed by atoms with Crippen LogP contribution in [0.15, 0.2) is 29.2 Å². The minimum Gasteiger partial charge on any atom is -0.328 e. The Bertz CT molecular complexity index is 909. The molecule has 2 rings (SSSR count). The molecule has 150 valence electrons.